The molecule has 124 valence electrons. The van der Waals surface area contributed by atoms with Gasteiger partial charge in [0.2, 0.25) is 5.16 Å². The Kier molecular flexibility index (Phi) is 5.56. The number of nitrogens with zero attached hydrogens (tertiary/aromatic N) is 6. The first-order valence-corrected chi connectivity index (χ1v) is 8.42. The summed E-state index contributed by atoms with van der Waals surface area (Å²) in [6.07, 6.45) is 3.22. The summed E-state index contributed by atoms with van der Waals surface area (Å²) in [4.78, 5) is 0.820. The molecule has 1 aromatic heterocycles. The molecule has 3 aromatic rings. The summed E-state index contributed by atoms with van der Waals surface area (Å²) in [5, 5.41) is 30.4. The molecule has 7 heteroatoms. The summed E-state index contributed by atoms with van der Waals surface area (Å²) < 4.78 is 1.64. The zero-order valence-corrected chi connectivity index (χ0v) is 14.3. The second kappa shape index (κ2) is 8.43. The summed E-state index contributed by atoms with van der Waals surface area (Å²) in [5.41, 5.74) is 1.81. The maximum Gasteiger partial charge on any atom is 0.218 e. The van der Waals surface area contributed by atoms with Gasteiger partial charge in [0.05, 0.1) is 5.69 Å². The molecule has 0 spiro atoms. The molecule has 1 heterocycles. The van der Waals surface area contributed by atoms with E-state index in [1.807, 2.05) is 72.8 Å². The number of thioether (sulfide) groups is 1. The Morgan fingerprint density at radius 1 is 0.923 bits per heavy atom. The lowest BCUT2D eigenvalue weighted by Gasteiger charge is -2.07. The molecular weight excluding hydrogens is 344 g/mol. The number of hydrogen-bond acceptors (Lipinski definition) is 6. The molecule has 0 aliphatic heterocycles. The van der Waals surface area contributed by atoms with Crippen molar-refractivity contribution < 1.29 is 0 Å². The van der Waals surface area contributed by atoms with Crippen LogP contribution in [0.4, 0.5) is 0 Å². The summed E-state index contributed by atoms with van der Waals surface area (Å²) >= 11 is 1.36. The third kappa shape index (κ3) is 4.04. The van der Waals surface area contributed by atoms with Crippen LogP contribution in [0.3, 0.4) is 0 Å². The molecular formula is C19H12N6S. The Bertz CT molecular complexity index is 1010. The minimum Gasteiger partial charge on any atom is -0.192 e. The van der Waals surface area contributed by atoms with Gasteiger partial charge in [0.1, 0.15) is 17.7 Å². The maximum absolute atomic E-state index is 8.95. The topological polar surface area (TPSA) is 91.2 Å². The SMILES string of the molecule is N#CC(C#N)=C/C=C(\Sc1nnnn1-c1ccccc1)c1ccccc1. The fourth-order valence-electron chi connectivity index (χ4n) is 2.12. The van der Waals surface area contributed by atoms with Gasteiger partial charge in [0, 0.05) is 4.91 Å². The average molecular weight is 356 g/mol. The van der Waals surface area contributed by atoms with Crippen LogP contribution in [0, 0.1) is 22.7 Å². The van der Waals surface area contributed by atoms with E-state index in [4.69, 9.17) is 10.5 Å². The second-order valence-electron chi connectivity index (χ2n) is 5.01. The van der Waals surface area contributed by atoms with Crippen LogP contribution < -0.4 is 0 Å². The molecule has 0 N–H and O–H groups in total. The van der Waals surface area contributed by atoms with Crippen molar-refractivity contribution in [1.82, 2.24) is 20.2 Å². The minimum atomic E-state index is 0.0293. The fourth-order valence-corrected chi connectivity index (χ4v) is 3.01. The molecule has 26 heavy (non-hydrogen) atoms. The maximum atomic E-state index is 8.95. The molecule has 0 aliphatic carbocycles. The van der Waals surface area contributed by atoms with Gasteiger partial charge in [-0.15, -0.1) is 5.10 Å². The van der Waals surface area contributed by atoms with Crippen LogP contribution in [0.15, 0.2) is 83.5 Å². The predicted molar refractivity (Wildman–Crippen MR) is 98.7 cm³/mol. The van der Waals surface area contributed by atoms with Gasteiger partial charge in [0.15, 0.2) is 0 Å². The zero-order valence-electron chi connectivity index (χ0n) is 13.5. The molecule has 0 bridgehead atoms. The Hall–Kier alpha value is -3.68. The second-order valence-corrected chi connectivity index (χ2v) is 6.02. The van der Waals surface area contributed by atoms with Crippen molar-refractivity contribution in [3.05, 3.63) is 84.0 Å². The molecule has 0 aliphatic rings. The van der Waals surface area contributed by atoms with E-state index in [1.165, 1.54) is 17.8 Å². The lowest BCUT2D eigenvalue weighted by atomic mass is 10.2. The number of nitriles is 2. The van der Waals surface area contributed by atoms with Crippen molar-refractivity contribution in [3.8, 4) is 17.8 Å². The third-order valence-electron chi connectivity index (χ3n) is 3.34. The largest absolute Gasteiger partial charge is 0.218 e. The molecule has 0 atom stereocenters. The Balaban J connectivity index is 2.00. The number of rotatable bonds is 5. The summed E-state index contributed by atoms with van der Waals surface area (Å²) in [5.74, 6) is 0. The van der Waals surface area contributed by atoms with Crippen molar-refractivity contribution >= 4 is 16.7 Å². The average Bonchev–Trinajstić information content (AvgIpc) is 3.17. The van der Waals surface area contributed by atoms with Crippen molar-refractivity contribution in [3.63, 3.8) is 0 Å². The smallest absolute Gasteiger partial charge is 0.192 e. The lowest BCUT2D eigenvalue weighted by molar-refractivity contribution is 0.757. The van der Waals surface area contributed by atoms with E-state index in [9.17, 15) is 0 Å². The van der Waals surface area contributed by atoms with E-state index in [0.717, 1.165) is 16.2 Å². The molecule has 0 saturated heterocycles. The number of allylic oxidation sites excluding steroid dienone is 3. The van der Waals surface area contributed by atoms with Gasteiger partial charge in [-0.05, 0) is 52.0 Å². The molecule has 0 radical (unpaired) electrons. The van der Waals surface area contributed by atoms with Crippen molar-refractivity contribution in [2.24, 2.45) is 0 Å². The Labute approximate surface area is 154 Å². The van der Waals surface area contributed by atoms with Crippen LogP contribution in [0.1, 0.15) is 5.56 Å². The number of para-hydroxylation sites is 1. The van der Waals surface area contributed by atoms with Crippen LogP contribution in [0.25, 0.3) is 10.6 Å². The van der Waals surface area contributed by atoms with E-state index in [0.29, 0.717) is 5.16 Å². The molecule has 0 saturated carbocycles. The predicted octanol–water partition coefficient (Wildman–Crippen LogP) is 3.77. The summed E-state index contributed by atoms with van der Waals surface area (Å²) in [7, 11) is 0. The van der Waals surface area contributed by atoms with E-state index in [-0.39, 0.29) is 5.57 Å². The normalized spacial score (nSPS) is 10.6. The molecule has 6 nitrogen and oxygen atoms in total. The zero-order chi connectivity index (χ0) is 18.2. The highest BCUT2D eigenvalue weighted by Gasteiger charge is 2.12. The van der Waals surface area contributed by atoms with Gasteiger partial charge in [-0.25, -0.2) is 0 Å². The standard InChI is InChI=1S/C19H12N6S/c20-13-15(14-21)11-12-18(16-7-3-1-4-8-16)26-19-22-23-24-25(19)17-9-5-2-6-10-17/h1-12H/b18-12-. The first-order valence-electron chi connectivity index (χ1n) is 7.61. The van der Waals surface area contributed by atoms with Crippen molar-refractivity contribution in [2.45, 2.75) is 5.16 Å². The van der Waals surface area contributed by atoms with Gasteiger partial charge in [-0.2, -0.15) is 15.2 Å². The Morgan fingerprint density at radius 3 is 2.23 bits per heavy atom. The number of hydrogen-bond donors (Lipinski definition) is 0. The van der Waals surface area contributed by atoms with Gasteiger partial charge >= 0.3 is 0 Å². The fraction of sp³-hybridized carbons (Fsp3) is 0. The highest BCUT2D eigenvalue weighted by Crippen LogP contribution is 2.33. The van der Waals surface area contributed by atoms with Crippen molar-refractivity contribution in [1.29, 1.82) is 10.5 Å². The first-order chi connectivity index (χ1) is 12.8. The minimum absolute atomic E-state index is 0.0293. The quantitative estimate of drug-likeness (QED) is 0.393. The Morgan fingerprint density at radius 2 is 1.58 bits per heavy atom. The van der Waals surface area contributed by atoms with Gasteiger partial charge < -0.3 is 0 Å². The third-order valence-corrected chi connectivity index (χ3v) is 4.37. The van der Waals surface area contributed by atoms with E-state index >= 15 is 0 Å². The molecule has 3 rings (SSSR count). The van der Waals surface area contributed by atoms with E-state index in [2.05, 4.69) is 15.5 Å². The number of benzene rings is 2. The molecule has 0 unspecified atom stereocenters. The lowest BCUT2D eigenvalue weighted by Crippen LogP contribution is -1.98. The van der Waals surface area contributed by atoms with E-state index < -0.39 is 0 Å². The number of aromatic nitrogens is 4. The number of tetrazole rings is 1. The summed E-state index contributed by atoms with van der Waals surface area (Å²) in [6, 6.07) is 22.9. The molecule has 0 fully saturated rings. The van der Waals surface area contributed by atoms with E-state index in [1.54, 1.807) is 10.8 Å². The van der Waals surface area contributed by atoms with Crippen LogP contribution in [0.5, 0.6) is 0 Å². The molecule has 2 aromatic carbocycles. The van der Waals surface area contributed by atoms with Crippen LogP contribution in [-0.2, 0) is 0 Å². The van der Waals surface area contributed by atoms with Crippen LogP contribution >= 0.6 is 11.8 Å². The van der Waals surface area contributed by atoms with Gasteiger partial charge in [-0.3, -0.25) is 0 Å². The summed E-state index contributed by atoms with van der Waals surface area (Å²) in [6.45, 7) is 0. The van der Waals surface area contributed by atoms with Gasteiger partial charge in [0.25, 0.3) is 0 Å². The van der Waals surface area contributed by atoms with Crippen LogP contribution in [0.2, 0.25) is 0 Å². The highest BCUT2D eigenvalue weighted by molar-refractivity contribution is 8.08. The first kappa shape index (κ1) is 17.2. The monoisotopic (exact) mass is 356 g/mol. The van der Waals surface area contributed by atoms with Gasteiger partial charge in [-0.1, -0.05) is 48.5 Å². The highest BCUT2D eigenvalue weighted by atomic mass is 32.2. The van der Waals surface area contributed by atoms with Crippen molar-refractivity contribution in [2.75, 3.05) is 0 Å². The molecule has 0 amide bonds. The van der Waals surface area contributed by atoms with Crippen LogP contribution in [-0.4, -0.2) is 20.2 Å².